The average molecular weight is 436 g/mol. The largest absolute Gasteiger partial charge is 0.416 e. The first-order valence-corrected chi connectivity index (χ1v) is 10.3. The molecule has 9 heteroatoms. The quantitative estimate of drug-likeness (QED) is 0.584. The van der Waals surface area contributed by atoms with Gasteiger partial charge in [-0.3, -0.25) is 4.79 Å². The number of carbonyl (C=O) groups excluding carboxylic acids is 1. The summed E-state index contributed by atoms with van der Waals surface area (Å²) in [6.07, 6.45) is -1.99. The number of hydrogen-bond acceptors (Lipinski definition) is 2. The van der Waals surface area contributed by atoms with Gasteiger partial charge in [0.15, 0.2) is 0 Å². The SMILES string of the molecule is O=C(CC1CC[C@@H](NC2CCCC2)C1)NCc1cc(C(F)(F)F)cc(C(F)(F)F)c1. The first-order valence-electron chi connectivity index (χ1n) is 10.3. The van der Waals surface area contributed by atoms with E-state index in [0.717, 1.165) is 19.3 Å². The van der Waals surface area contributed by atoms with Crippen LogP contribution in [0.5, 0.6) is 0 Å². The van der Waals surface area contributed by atoms with Crippen LogP contribution in [-0.2, 0) is 23.7 Å². The Morgan fingerprint density at radius 1 is 0.867 bits per heavy atom. The van der Waals surface area contributed by atoms with E-state index in [1.807, 2.05) is 0 Å². The molecular formula is C21H26F6N2O. The van der Waals surface area contributed by atoms with Crippen LogP contribution >= 0.6 is 0 Å². The minimum atomic E-state index is -4.90. The monoisotopic (exact) mass is 436 g/mol. The van der Waals surface area contributed by atoms with E-state index in [0.29, 0.717) is 24.2 Å². The van der Waals surface area contributed by atoms with E-state index in [4.69, 9.17) is 0 Å². The van der Waals surface area contributed by atoms with Crippen molar-refractivity contribution >= 4 is 5.91 Å². The minimum absolute atomic E-state index is 0.0847. The fourth-order valence-corrected chi connectivity index (χ4v) is 4.49. The van der Waals surface area contributed by atoms with Gasteiger partial charge in [0.05, 0.1) is 11.1 Å². The standard InChI is InChI=1S/C21H26F6N2O/c22-20(23,24)15-7-14(8-16(11-15)21(25,26)27)12-28-19(30)10-13-5-6-18(9-13)29-17-3-1-2-4-17/h7-8,11,13,17-18,29H,1-6,9-10,12H2,(H,28,30)/t13?,18-/m1/s1. The summed E-state index contributed by atoms with van der Waals surface area (Å²) >= 11 is 0. The van der Waals surface area contributed by atoms with Gasteiger partial charge in [0.25, 0.3) is 0 Å². The number of benzene rings is 1. The van der Waals surface area contributed by atoms with Gasteiger partial charge in [0.2, 0.25) is 5.91 Å². The van der Waals surface area contributed by atoms with Crippen molar-refractivity contribution in [3.8, 4) is 0 Å². The molecule has 0 spiro atoms. The number of rotatable bonds is 6. The predicted octanol–water partition coefficient (Wildman–Crippen LogP) is 5.43. The lowest BCUT2D eigenvalue weighted by molar-refractivity contribution is -0.143. The molecule has 2 saturated carbocycles. The lowest BCUT2D eigenvalue weighted by atomic mass is 10.0. The molecule has 1 unspecified atom stereocenters. The Bertz CT molecular complexity index is 708. The summed E-state index contributed by atoms with van der Waals surface area (Å²) in [5.41, 5.74) is -2.98. The highest BCUT2D eigenvalue weighted by Gasteiger charge is 2.37. The Hall–Kier alpha value is -1.77. The van der Waals surface area contributed by atoms with Gasteiger partial charge in [0, 0.05) is 25.0 Å². The second kappa shape index (κ2) is 9.16. The summed E-state index contributed by atoms with van der Waals surface area (Å²) < 4.78 is 77.6. The molecule has 2 N–H and O–H groups in total. The number of amides is 1. The maximum Gasteiger partial charge on any atom is 0.416 e. The topological polar surface area (TPSA) is 41.1 Å². The molecule has 1 amide bonds. The molecular weight excluding hydrogens is 410 g/mol. The molecule has 168 valence electrons. The lowest BCUT2D eigenvalue weighted by Crippen LogP contribution is -2.35. The zero-order valence-corrected chi connectivity index (χ0v) is 16.5. The van der Waals surface area contributed by atoms with E-state index >= 15 is 0 Å². The van der Waals surface area contributed by atoms with Gasteiger partial charge in [-0.15, -0.1) is 0 Å². The third-order valence-corrected chi connectivity index (χ3v) is 5.98. The van der Waals surface area contributed by atoms with Gasteiger partial charge in [-0.1, -0.05) is 12.8 Å². The van der Waals surface area contributed by atoms with Crippen LogP contribution in [0, 0.1) is 5.92 Å². The van der Waals surface area contributed by atoms with E-state index < -0.39 is 23.5 Å². The Morgan fingerprint density at radius 2 is 1.47 bits per heavy atom. The fourth-order valence-electron chi connectivity index (χ4n) is 4.49. The average Bonchev–Trinajstić information content (AvgIpc) is 3.31. The fraction of sp³-hybridized carbons (Fsp3) is 0.667. The predicted molar refractivity (Wildman–Crippen MR) is 99.4 cm³/mol. The Labute approximate surface area is 171 Å². The summed E-state index contributed by atoms with van der Waals surface area (Å²) in [5, 5.41) is 6.11. The van der Waals surface area contributed by atoms with Gasteiger partial charge in [0.1, 0.15) is 0 Å². The van der Waals surface area contributed by atoms with Crippen molar-refractivity contribution in [2.24, 2.45) is 5.92 Å². The van der Waals surface area contributed by atoms with Crippen molar-refractivity contribution in [2.45, 2.75) is 82.3 Å². The van der Waals surface area contributed by atoms with Crippen LogP contribution in [0.15, 0.2) is 18.2 Å². The molecule has 0 heterocycles. The highest BCUT2D eigenvalue weighted by molar-refractivity contribution is 5.76. The molecule has 1 aromatic carbocycles. The third kappa shape index (κ3) is 6.36. The molecule has 1 aromatic rings. The van der Waals surface area contributed by atoms with Crippen molar-refractivity contribution in [1.29, 1.82) is 0 Å². The van der Waals surface area contributed by atoms with Crippen LogP contribution in [0.1, 0.15) is 68.1 Å². The van der Waals surface area contributed by atoms with Crippen LogP contribution in [0.25, 0.3) is 0 Å². The highest BCUT2D eigenvalue weighted by Crippen LogP contribution is 2.36. The maximum absolute atomic E-state index is 12.9. The summed E-state index contributed by atoms with van der Waals surface area (Å²) in [7, 11) is 0. The van der Waals surface area contributed by atoms with Crippen molar-refractivity contribution in [2.75, 3.05) is 0 Å². The Balaban J connectivity index is 1.53. The molecule has 0 aliphatic heterocycles. The second-order valence-electron chi connectivity index (χ2n) is 8.42. The molecule has 0 aromatic heterocycles. The van der Waals surface area contributed by atoms with Gasteiger partial charge in [-0.25, -0.2) is 0 Å². The molecule has 0 radical (unpaired) electrons. The number of alkyl halides is 6. The van der Waals surface area contributed by atoms with Crippen LogP contribution in [0.4, 0.5) is 26.3 Å². The van der Waals surface area contributed by atoms with Gasteiger partial charge in [-0.2, -0.15) is 26.3 Å². The molecule has 0 bridgehead atoms. The van der Waals surface area contributed by atoms with E-state index in [1.165, 1.54) is 25.7 Å². The number of halogens is 6. The van der Waals surface area contributed by atoms with Gasteiger partial charge in [-0.05, 0) is 61.8 Å². The molecule has 2 fully saturated rings. The molecule has 3 nitrogen and oxygen atoms in total. The smallest absolute Gasteiger partial charge is 0.352 e. The minimum Gasteiger partial charge on any atom is -0.352 e. The lowest BCUT2D eigenvalue weighted by Gasteiger charge is -2.18. The molecule has 30 heavy (non-hydrogen) atoms. The molecule has 2 aliphatic carbocycles. The normalized spacial score (nSPS) is 23.1. The van der Waals surface area contributed by atoms with Crippen LogP contribution in [-0.4, -0.2) is 18.0 Å². The zero-order valence-electron chi connectivity index (χ0n) is 16.5. The third-order valence-electron chi connectivity index (χ3n) is 5.98. The molecule has 2 aliphatic rings. The second-order valence-corrected chi connectivity index (χ2v) is 8.42. The van der Waals surface area contributed by atoms with Crippen molar-refractivity contribution < 1.29 is 31.1 Å². The van der Waals surface area contributed by atoms with Crippen LogP contribution in [0.3, 0.4) is 0 Å². The summed E-state index contributed by atoms with van der Waals surface area (Å²) in [4.78, 5) is 12.2. The summed E-state index contributed by atoms with van der Waals surface area (Å²) in [6.45, 7) is -0.373. The van der Waals surface area contributed by atoms with Gasteiger partial charge >= 0.3 is 12.4 Å². The Kier molecular flexibility index (Phi) is 6.99. The van der Waals surface area contributed by atoms with Crippen molar-refractivity contribution in [3.05, 3.63) is 34.9 Å². The van der Waals surface area contributed by atoms with E-state index in [9.17, 15) is 31.1 Å². The molecule has 0 saturated heterocycles. The number of carbonyl (C=O) groups is 1. The zero-order chi connectivity index (χ0) is 21.9. The van der Waals surface area contributed by atoms with Crippen molar-refractivity contribution in [3.63, 3.8) is 0 Å². The molecule has 3 rings (SSSR count). The number of hydrogen-bond donors (Lipinski definition) is 2. The Morgan fingerprint density at radius 3 is 2.03 bits per heavy atom. The highest BCUT2D eigenvalue weighted by atomic mass is 19.4. The van der Waals surface area contributed by atoms with Gasteiger partial charge < -0.3 is 10.6 Å². The van der Waals surface area contributed by atoms with E-state index in [1.54, 1.807) is 0 Å². The number of nitrogens with one attached hydrogen (secondary N) is 2. The van der Waals surface area contributed by atoms with Crippen LogP contribution in [0.2, 0.25) is 0 Å². The first kappa shape index (κ1) is 22.9. The molecule has 2 atom stereocenters. The summed E-state index contributed by atoms with van der Waals surface area (Å²) in [5.74, 6) is -0.177. The van der Waals surface area contributed by atoms with E-state index in [2.05, 4.69) is 10.6 Å². The van der Waals surface area contributed by atoms with E-state index in [-0.39, 0.29) is 36.4 Å². The maximum atomic E-state index is 12.9. The van der Waals surface area contributed by atoms with Crippen LogP contribution < -0.4 is 10.6 Å². The first-order chi connectivity index (χ1) is 14.0. The van der Waals surface area contributed by atoms with Crippen molar-refractivity contribution in [1.82, 2.24) is 10.6 Å². The summed E-state index contributed by atoms with van der Waals surface area (Å²) in [6, 6.07) is 2.30.